The van der Waals surface area contributed by atoms with E-state index in [2.05, 4.69) is 12.2 Å². The third kappa shape index (κ3) is 4.41. The topological polar surface area (TPSA) is 55.1 Å². The summed E-state index contributed by atoms with van der Waals surface area (Å²) in [5, 5.41) is 3.08. The molecule has 0 bridgehead atoms. The number of nitrogen functional groups attached to an aromatic ring is 1. The van der Waals surface area contributed by atoms with Gasteiger partial charge in [0.05, 0.1) is 0 Å². The molecule has 1 fully saturated rings. The lowest BCUT2D eigenvalue weighted by molar-refractivity contribution is -0.117. The van der Waals surface area contributed by atoms with E-state index in [1.165, 1.54) is 32.1 Å². The molecule has 0 saturated heterocycles. The Hall–Kier alpha value is -1.77. The van der Waals surface area contributed by atoms with Gasteiger partial charge >= 0.3 is 0 Å². The summed E-state index contributed by atoms with van der Waals surface area (Å²) in [5.41, 5.74) is 7.35. The molecule has 1 aliphatic carbocycles. The molecular formula is C17H24N2O. The summed E-state index contributed by atoms with van der Waals surface area (Å²) in [6, 6.07) is 7.75. The van der Waals surface area contributed by atoms with Crippen molar-refractivity contribution in [3.63, 3.8) is 0 Å². The molecule has 1 aliphatic rings. The Morgan fingerprint density at radius 3 is 2.55 bits per heavy atom. The van der Waals surface area contributed by atoms with Crippen LogP contribution in [0.5, 0.6) is 0 Å². The molecule has 2 rings (SSSR count). The van der Waals surface area contributed by atoms with E-state index in [-0.39, 0.29) is 11.9 Å². The van der Waals surface area contributed by atoms with Crippen molar-refractivity contribution in [1.82, 2.24) is 5.32 Å². The average molecular weight is 272 g/mol. The van der Waals surface area contributed by atoms with Gasteiger partial charge in [0.15, 0.2) is 0 Å². The molecule has 0 radical (unpaired) electrons. The highest BCUT2D eigenvalue weighted by atomic mass is 16.1. The fraction of sp³-hybridized carbons (Fsp3) is 0.471. The monoisotopic (exact) mass is 272 g/mol. The van der Waals surface area contributed by atoms with Crippen LogP contribution in [0.15, 0.2) is 30.3 Å². The van der Waals surface area contributed by atoms with Crippen molar-refractivity contribution in [3.05, 3.63) is 35.9 Å². The standard InChI is InChI=1S/C17H24N2O/c1-13(15-5-3-2-4-6-15)19-17(20)12-9-14-7-10-16(18)11-8-14/h7-13,15H,2-6,18H2,1H3,(H,19,20)/b12-9+/t13-/m1/s1. The summed E-state index contributed by atoms with van der Waals surface area (Å²) >= 11 is 0. The number of amides is 1. The van der Waals surface area contributed by atoms with Gasteiger partial charge < -0.3 is 11.1 Å². The van der Waals surface area contributed by atoms with Crippen molar-refractivity contribution in [2.45, 2.75) is 45.1 Å². The summed E-state index contributed by atoms with van der Waals surface area (Å²) in [6.45, 7) is 2.12. The summed E-state index contributed by atoms with van der Waals surface area (Å²) < 4.78 is 0. The zero-order valence-corrected chi connectivity index (χ0v) is 12.1. The predicted molar refractivity (Wildman–Crippen MR) is 84.1 cm³/mol. The summed E-state index contributed by atoms with van der Waals surface area (Å²) in [6.07, 6.45) is 9.84. The quantitative estimate of drug-likeness (QED) is 0.652. The first kappa shape index (κ1) is 14.6. The van der Waals surface area contributed by atoms with Crippen LogP contribution >= 0.6 is 0 Å². The van der Waals surface area contributed by atoms with Crippen LogP contribution in [-0.4, -0.2) is 11.9 Å². The molecule has 0 aliphatic heterocycles. The molecule has 1 saturated carbocycles. The smallest absolute Gasteiger partial charge is 0.244 e. The summed E-state index contributed by atoms with van der Waals surface area (Å²) in [5.74, 6) is 0.623. The van der Waals surface area contributed by atoms with Gasteiger partial charge in [0, 0.05) is 17.8 Å². The maximum Gasteiger partial charge on any atom is 0.244 e. The molecule has 0 spiro atoms. The molecule has 1 aromatic rings. The minimum atomic E-state index is -0.0140. The Morgan fingerprint density at radius 2 is 1.90 bits per heavy atom. The number of nitrogens with two attached hydrogens (primary N) is 1. The van der Waals surface area contributed by atoms with Crippen LogP contribution < -0.4 is 11.1 Å². The zero-order chi connectivity index (χ0) is 14.4. The van der Waals surface area contributed by atoms with E-state index >= 15 is 0 Å². The third-order valence-corrected chi connectivity index (χ3v) is 4.09. The van der Waals surface area contributed by atoms with Crippen LogP contribution in [0, 0.1) is 5.92 Å². The number of nitrogens with one attached hydrogen (secondary N) is 1. The second kappa shape index (κ2) is 7.13. The zero-order valence-electron chi connectivity index (χ0n) is 12.1. The molecule has 0 aromatic heterocycles. The van der Waals surface area contributed by atoms with Gasteiger partial charge in [0.2, 0.25) is 5.91 Å². The first-order chi connectivity index (χ1) is 9.65. The third-order valence-electron chi connectivity index (χ3n) is 4.09. The number of anilines is 1. The van der Waals surface area contributed by atoms with Crippen LogP contribution in [0.4, 0.5) is 5.69 Å². The first-order valence-electron chi connectivity index (χ1n) is 7.49. The van der Waals surface area contributed by atoms with Gasteiger partial charge in [-0.05, 0) is 49.5 Å². The number of hydrogen-bond donors (Lipinski definition) is 2. The first-order valence-corrected chi connectivity index (χ1v) is 7.49. The lowest BCUT2D eigenvalue weighted by Crippen LogP contribution is -2.37. The Balaban J connectivity index is 1.83. The van der Waals surface area contributed by atoms with E-state index in [0.717, 1.165) is 11.3 Å². The van der Waals surface area contributed by atoms with E-state index in [1.54, 1.807) is 6.08 Å². The van der Waals surface area contributed by atoms with Gasteiger partial charge in [-0.3, -0.25) is 4.79 Å². The molecule has 3 N–H and O–H groups in total. The maximum absolute atomic E-state index is 11.9. The van der Waals surface area contributed by atoms with Crippen molar-refractivity contribution in [3.8, 4) is 0 Å². The summed E-state index contributed by atoms with van der Waals surface area (Å²) in [7, 11) is 0. The Morgan fingerprint density at radius 1 is 1.25 bits per heavy atom. The SMILES string of the molecule is C[C@@H](NC(=O)/C=C/c1ccc(N)cc1)C1CCCCC1. The molecule has 20 heavy (non-hydrogen) atoms. The van der Waals surface area contributed by atoms with Gasteiger partial charge in [-0.2, -0.15) is 0 Å². The Labute approximate surface area is 121 Å². The number of hydrogen-bond acceptors (Lipinski definition) is 2. The molecule has 0 unspecified atom stereocenters. The average Bonchev–Trinajstić information content (AvgIpc) is 2.47. The molecule has 1 aromatic carbocycles. The molecule has 1 atom stereocenters. The largest absolute Gasteiger partial charge is 0.399 e. The number of benzene rings is 1. The van der Waals surface area contributed by atoms with Crippen molar-refractivity contribution in [2.24, 2.45) is 5.92 Å². The number of rotatable bonds is 4. The fourth-order valence-corrected chi connectivity index (χ4v) is 2.80. The Kier molecular flexibility index (Phi) is 5.22. The van der Waals surface area contributed by atoms with Gasteiger partial charge in [0.25, 0.3) is 0 Å². The molecule has 108 valence electrons. The van der Waals surface area contributed by atoms with Gasteiger partial charge in [0.1, 0.15) is 0 Å². The van der Waals surface area contributed by atoms with E-state index in [4.69, 9.17) is 5.73 Å². The van der Waals surface area contributed by atoms with Crippen molar-refractivity contribution in [1.29, 1.82) is 0 Å². The minimum Gasteiger partial charge on any atom is -0.399 e. The minimum absolute atomic E-state index is 0.0140. The second-order valence-corrected chi connectivity index (χ2v) is 5.70. The molecule has 3 heteroatoms. The molecule has 3 nitrogen and oxygen atoms in total. The molecule has 1 amide bonds. The number of carbonyl (C=O) groups excluding carboxylic acids is 1. The van der Waals surface area contributed by atoms with Crippen LogP contribution in [0.1, 0.15) is 44.6 Å². The highest BCUT2D eigenvalue weighted by molar-refractivity contribution is 5.91. The van der Waals surface area contributed by atoms with E-state index in [0.29, 0.717) is 5.92 Å². The van der Waals surface area contributed by atoms with Crippen molar-refractivity contribution >= 4 is 17.7 Å². The van der Waals surface area contributed by atoms with Crippen LogP contribution in [0.25, 0.3) is 6.08 Å². The predicted octanol–water partition coefficient (Wildman–Crippen LogP) is 3.37. The van der Waals surface area contributed by atoms with Gasteiger partial charge in [-0.15, -0.1) is 0 Å². The molecule has 0 heterocycles. The van der Waals surface area contributed by atoms with Crippen LogP contribution in [0.3, 0.4) is 0 Å². The Bertz CT molecular complexity index is 458. The summed E-state index contributed by atoms with van der Waals surface area (Å²) in [4.78, 5) is 11.9. The number of carbonyl (C=O) groups is 1. The molecular weight excluding hydrogens is 248 g/mol. The van der Waals surface area contributed by atoms with E-state index < -0.39 is 0 Å². The van der Waals surface area contributed by atoms with E-state index in [1.807, 2.05) is 30.3 Å². The highest BCUT2D eigenvalue weighted by Crippen LogP contribution is 2.26. The lowest BCUT2D eigenvalue weighted by atomic mass is 9.84. The van der Waals surface area contributed by atoms with Crippen LogP contribution in [-0.2, 0) is 4.79 Å². The van der Waals surface area contributed by atoms with Gasteiger partial charge in [-0.25, -0.2) is 0 Å². The second-order valence-electron chi connectivity index (χ2n) is 5.70. The fourth-order valence-electron chi connectivity index (χ4n) is 2.80. The normalized spacial score (nSPS) is 18.1. The highest BCUT2D eigenvalue weighted by Gasteiger charge is 2.20. The van der Waals surface area contributed by atoms with Gasteiger partial charge in [-0.1, -0.05) is 31.4 Å². The lowest BCUT2D eigenvalue weighted by Gasteiger charge is -2.27. The van der Waals surface area contributed by atoms with Crippen molar-refractivity contribution in [2.75, 3.05) is 5.73 Å². The van der Waals surface area contributed by atoms with E-state index in [9.17, 15) is 4.79 Å². The van der Waals surface area contributed by atoms with Crippen molar-refractivity contribution < 1.29 is 4.79 Å². The van der Waals surface area contributed by atoms with Crippen LogP contribution in [0.2, 0.25) is 0 Å². The maximum atomic E-state index is 11.9.